The van der Waals surface area contributed by atoms with Crippen LogP contribution in [-0.4, -0.2) is 26.0 Å². The molecule has 0 spiro atoms. The number of benzene rings is 2. The third-order valence-electron chi connectivity index (χ3n) is 4.22. The van der Waals surface area contributed by atoms with Crippen LogP contribution < -0.4 is 15.4 Å². The molecular formula is C19H20F3N3O. The molecule has 2 N–H and O–H groups in total. The maximum Gasteiger partial charge on any atom is 0.416 e. The minimum absolute atomic E-state index is 0.246. The zero-order valence-corrected chi connectivity index (χ0v) is 14.3. The van der Waals surface area contributed by atoms with Crippen molar-refractivity contribution in [1.82, 2.24) is 10.6 Å². The van der Waals surface area contributed by atoms with Crippen LogP contribution in [0.4, 0.5) is 13.2 Å². The molecule has 1 unspecified atom stereocenters. The first-order chi connectivity index (χ1) is 12.5. The van der Waals surface area contributed by atoms with Crippen LogP contribution in [0.5, 0.6) is 5.75 Å². The van der Waals surface area contributed by atoms with Crippen molar-refractivity contribution in [3.63, 3.8) is 0 Å². The van der Waals surface area contributed by atoms with Crippen molar-refractivity contribution in [2.24, 2.45) is 4.99 Å². The summed E-state index contributed by atoms with van der Waals surface area (Å²) in [6.07, 6.45) is -4.33. The predicted octanol–water partition coefficient (Wildman–Crippen LogP) is 3.55. The summed E-state index contributed by atoms with van der Waals surface area (Å²) in [4.78, 5) is 4.50. The first-order valence-electron chi connectivity index (χ1n) is 8.29. The Labute approximate surface area is 150 Å². The lowest BCUT2D eigenvalue weighted by atomic mass is 10.0. The van der Waals surface area contributed by atoms with Gasteiger partial charge in [0.1, 0.15) is 11.6 Å². The average molecular weight is 363 g/mol. The van der Waals surface area contributed by atoms with Crippen molar-refractivity contribution in [2.45, 2.75) is 18.8 Å². The van der Waals surface area contributed by atoms with Gasteiger partial charge in [0, 0.05) is 13.1 Å². The van der Waals surface area contributed by atoms with E-state index in [4.69, 9.17) is 4.74 Å². The zero-order chi connectivity index (χ0) is 18.6. The van der Waals surface area contributed by atoms with Gasteiger partial charge in [-0.15, -0.1) is 0 Å². The van der Waals surface area contributed by atoms with E-state index in [-0.39, 0.29) is 6.04 Å². The number of amidine groups is 1. The lowest BCUT2D eigenvalue weighted by Gasteiger charge is -2.26. The zero-order valence-electron chi connectivity index (χ0n) is 14.3. The van der Waals surface area contributed by atoms with Gasteiger partial charge in [0.05, 0.1) is 25.3 Å². The normalized spacial score (nSPS) is 17.5. The Morgan fingerprint density at radius 3 is 2.42 bits per heavy atom. The van der Waals surface area contributed by atoms with Crippen molar-refractivity contribution >= 4 is 5.84 Å². The van der Waals surface area contributed by atoms with Crippen LogP contribution in [0, 0.1) is 0 Å². The van der Waals surface area contributed by atoms with Crippen LogP contribution in [0.15, 0.2) is 53.5 Å². The molecule has 1 aliphatic rings. The maximum absolute atomic E-state index is 12.7. The van der Waals surface area contributed by atoms with Crippen molar-refractivity contribution in [3.8, 4) is 5.75 Å². The fourth-order valence-corrected chi connectivity index (χ4v) is 2.81. The van der Waals surface area contributed by atoms with Crippen molar-refractivity contribution < 1.29 is 17.9 Å². The summed E-state index contributed by atoms with van der Waals surface area (Å²) in [7, 11) is 1.62. The number of methoxy groups -OCH3 is 1. The van der Waals surface area contributed by atoms with Crippen LogP contribution in [-0.2, 0) is 12.7 Å². The Hall–Kier alpha value is -2.54. The van der Waals surface area contributed by atoms with E-state index in [0.717, 1.165) is 34.8 Å². The summed E-state index contributed by atoms with van der Waals surface area (Å²) in [6.45, 7) is 1.88. The maximum atomic E-state index is 12.7. The van der Waals surface area contributed by atoms with Crippen LogP contribution in [0.1, 0.15) is 22.7 Å². The number of aliphatic imine (C=N–C) groups is 1. The Balaban J connectivity index is 1.70. The topological polar surface area (TPSA) is 45.6 Å². The number of nitrogens with zero attached hydrogens (tertiary/aromatic N) is 1. The first-order valence-corrected chi connectivity index (χ1v) is 8.29. The number of hydrogen-bond donors (Lipinski definition) is 2. The predicted molar refractivity (Wildman–Crippen MR) is 94.3 cm³/mol. The molecule has 0 fully saturated rings. The molecule has 4 nitrogen and oxygen atoms in total. The van der Waals surface area contributed by atoms with E-state index in [1.165, 1.54) is 12.1 Å². The number of nitrogens with one attached hydrogen (secondary N) is 2. The first kappa shape index (κ1) is 18.3. The van der Waals surface area contributed by atoms with Crippen LogP contribution in [0.3, 0.4) is 0 Å². The molecule has 2 aromatic rings. The summed E-state index contributed by atoms with van der Waals surface area (Å²) >= 11 is 0. The molecule has 0 aromatic heterocycles. The number of rotatable bonds is 4. The van der Waals surface area contributed by atoms with Crippen LogP contribution >= 0.6 is 0 Å². The van der Waals surface area contributed by atoms with Crippen LogP contribution in [0.25, 0.3) is 0 Å². The van der Waals surface area contributed by atoms with Crippen molar-refractivity contribution in [1.29, 1.82) is 0 Å². The molecule has 1 heterocycles. The van der Waals surface area contributed by atoms with E-state index in [1.807, 2.05) is 24.3 Å². The van der Waals surface area contributed by atoms with Crippen molar-refractivity contribution in [3.05, 3.63) is 65.2 Å². The molecule has 0 bridgehead atoms. The second-order valence-corrected chi connectivity index (χ2v) is 5.98. The standard InChI is InChI=1S/C19H20F3N3O/c1-26-16-8-2-13(3-9-16)12-25-18-17(23-10-11-24-18)14-4-6-15(7-5-14)19(20,21)22/h2-9,17,23H,10-12H2,1H3,(H,24,25). The van der Waals surface area contributed by atoms with Crippen molar-refractivity contribution in [2.75, 3.05) is 20.2 Å². The molecule has 7 heteroatoms. The van der Waals surface area contributed by atoms with Crippen LogP contribution in [0.2, 0.25) is 0 Å². The molecule has 26 heavy (non-hydrogen) atoms. The average Bonchev–Trinajstić information content (AvgIpc) is 2.66. The molecule has 3 rings (SSSR count). The van der Waals surface area contributed by atoms with Gasteiger partial charge in [-0.05, 0) is 35.4 Å². The lowest BCUT2D eigenvalue weighted by molar-refractivity contribution is -0.137. The van der Waals surface area contributed by atoms with E-state index in [1.54, 1.807) is 7.11 Å². The van der Waals surface area contributed by atoms with Gasteiger partial charge in [-0.1, -0.05) is 24.3 Å². The van der Waals surface area contributed by atoms with E-state index < -0.39 is 11.7 Å². The third kappa shape index (κ3) is 4.35. The van der Waals surface area contributed by atoms with Gasteiger partial charge < -0.3 is 15.4 Å². The molecule has 0 amide bonds. The summed E-state index contributed by atoms with van der Waals surface area (Å²) < 4.78 is 43.4. The highest BCUT2D eigenvalue weighted by atomic mass is 19.4. The van der Waals surface area contributed by atoms with Gasteiger partial charge >= 0.3 is 6.18 Å². The Bertz CT molecular complexity index is 755. The molecule has 2 aromatic carbocycles. The van der Waals surface area contributed by atoms with Gasteiger partial charge in [-0.2, -0.15) is 13.2 Å². The second kappa shape index (κ2) is 7.78. The Morgan fingerprint density at radius 2 is 1.81 bits per heavy atom. The molecule has 138 valence electrons. The Kier molecular flexibility index (Phi) is 5.46. The fourth-order valence-electron chi connectivity index (χ4n) is 2.81. The largest absolute Gasteiger partial charge is 0.497 e. The molecule has 1 atom stereocenters. The van der Waals surface area contributed by atoms with Gasteiger partial charge in [0.15, 0.2) is 0 Å². The molecule has 0 aliphatic carbocycles. The minimum atomic E-state index is -4.33. The summed E-state index contributed by atoms with van der Waals surface area (Å²) in [5.41, 5.74) is 1.16. The van der Waals surface area contributed by atoms with E-state index >= 15 is 0 Å². The quantitative estimate of drug-likeness (QED) is 0.873. The molecular weight excluding hydrogens is 343 g/mol. The molecule has 0 saturated heterocycles. The highest BCUT2D eigenvalue weighted by Gasteiger charge is 2.30. The Morgan fingerprint density at radius 1 is 1.12 bits per heavy atom. The number of hydrogen-bond acceptors (Lipinski definition) is 4. The second-order valence-electron chi connectivity index (χ2n) is 5.98. The van der Waals surface area contributed by atoms with E-state index in [9.17, 15) is 13.2 Å². The molecule has 1 aliphatic heterocycles. The highest BCUT2D eigenvalue weighted by molar-refractivity contribution is 5.89. The molecule has 0 radical (unpaired) electrons. The summed E-state index contributed by atoms with van der Waals surface area (Å²) in [6, 6.07) is 12.6. The smallest absolute Gasteiger partial charge is 0.416 e. The highest BCUT2D eigenvalue weighted by Crippen LogP contribution is 2.30. The minimum Gasteiger partial charge on any atom is -0.497 e. The van der Waals surface area contributed by atoms with Gasteiger partial charge in [0.25, 0.3) is 0 Å². The number of alkyl halides is 3. The fraction of sp³-hybridized carbons (Fsp3) is 0.316. The van der Waals surface area contributed by atoms with E-state index in [0.29, 0.717) is 19.6 Å². The number of halogens is 3. The SMILES string of the molecule is COc1ccc(CNC2=NCCNC2c2ccc(C(F)(F)F)cc2)cc1. The lowest BCUT2D eigenvalue weighted by Crippen LogP contribution is -2.42. The van der Waals surface area contributed by atoms with Gasteiger partial charge in [-0.3, -0.25) is 4.99 Å². The summed E-state index contributed by atoms with van der Waals surface area (Å²) in [5, 5.41) is 6.60. The third-order valence-corrected chi connectivity index (χ3v) is 4.22. The van der Waals surface area contributed by atoms with Gasteiger partial charge in [-0.25, -0.2) is 0 Å². The number of ether oxygens (including phenoxy) is 1. The van der Waals surface area contributed by atoms with E-state index in [2.05, 4.69) is 15.6 Å². The van der Waals surface area contributed by atoms with Gasteiger partial charge in [0.2, 0.25) is 0 Å². The molecule has 0 saturated carbocycles. The monoisotopic (exact) mass is 363 g/mol. The summed E-state index contributed by atoms with van der Waals surface area (Å²) in [5.74, 6) is 1.51.